The second-order valence-corrected chi connectivity index (χ2v) is 4.68. The first-order valence-corrected chi connectivity index (χ1v) is 6.84. The van der Waals surface area contributed by atoms with E-state index in [0.717, 1.165) is 17.7 Å². The fourth-order valence-corrected chi connectivity index (χ4v) is 1.92. The molecule has 0 aliphatic rings. The maximum absolute atomic E-state index is 5.43. The van der Waals surface area contributed by atoms with Crippen molar-refractivity contribution in [3.63, 3.8) is 0 Å². The van der Waals surface area contributed by atoms with Gasteiger partial charge < -0.3 is 24.3 Å². The van der Waals surface area contributed by atoms with Gasteiger partial charge in [-0.15, -0.1) is 0 Å². The largest absolute Gasteiger partial charge is 0.493 e. The molecule has 5 nitrogen and oxygen atoms in total. The predicted octanol–water partition coefficient (Wildman–Crippen LogP) is 2.39. The molecular weight excluding hydrogens is 270 g/mol. The van der Waals surface area contributed by atoms with Crippen LogP contribution in [0.4, 0.5) is 0 Å². The molecule has 0 amide bonds. The minimum Gasteiger partial charge on any atom is -0.493 e. The van der Waals surface area contributed by atoms with E-state index in [4.69, 9.17) is 18.9 Å². The van der Waals surface area contributed by atoms with Crippen molar-refractivity contribution in [2.75, 3.05) is 41.1 Å². The van der Waals surface area contributed by atoms with Gasteiger partial charge in [0.1, 0.15) is 0 Å². The Bertz CT molecular complexity index is 460. The van der Waals surface area contributed by atoms with Crippen LogP contribution in [-0.4, -0.2) is 41.1 Å². The number of hydrogen-bond donors (Lipinski definition) is 1. The quantitative estimate of drug-likeness (QED) is 0.530. The Morgan fingerprint density at radius 3 is 2.38 bits per heavy atom. The Labute approximate surface area is 126 Å². The molecule has 0 saturated heterocycles. The third-order valence-corrected chi connectivity index (χ3v) is 2.87. The smallest absolute Gasteiger partial charge is 0.203 e. The molecule has 0 aromatic heterocycles. The number of methoxy groups -OCH3 is 3. The SMILES string of the molecule is C=C(C)COCCNCc1ccc(OC)c(OC)c1OC. The lowest BCUT2D eigenvalue weighted by Crippen LogP contribution is -2.20. The number of benzene rings is 1. The summed E-state index contributed by atoms with van der Waals surface area (Å²) in [6.45, 7) is 8.40. The van der Waals surface area contributed by atoms with Gasteiger partial charge in [0.25, 0.3) is 0 Å². The van der Waals surface area contributed by atoms with Crippen LogP contribution in [0.15, 0.2) is 24.3 Å². The highest BCUT2D eigenvalue weighted by Gasteiger charge is 2.15. The molecule has 0 unspecified atom stereocenters. The van der Waals surface area contributed by atoms with Gasteiger partial charge in [0.15, 0.2) is 11.5 Å². The molecule has 0 bridgehead atoms. The Morgan fingerprint density at radius 2 is 1.81 bits per heavy atom. The lowest BCUT2D eigenvalue weighted by Gasteiger charge is -2.16. The summed E-state index contributed by atoms with van der Waals surface area (Å²) in [4.78, 5) is 0. The van der Waals surface area contributed by atoms with Gasteiger partial charge in [0, 0.05) is 18.7 Å². The fourth-order valence-electron chi connectivity index (χ4n) is 1.92. The normalized spacial score (nSPS) is 10.3. The van der Waals surface area contributed by atoms with Gasteiger partial charge >= 0.3 is 0 Å². The number of hydrogen-bond acceptors (Lipinski definition) is 5. The third kappa shape index (κ3) is 5.28. The highest BCUT2D eigenvalue weighted by Crippen LogP contribution is 2.39. The summed E-state index contributed by atoms with van der Waals surface area (Å²) < 4.78 is 21.5. The summed E-state index contributed by atoms with van der Waals surface area (Å²) in [5.41, 5.74) is 2.03. The van der Waals surface area contributed by atoms with Gasteiger partial charge in [-0.2, -0.15) is 0 Å². The van der Waals surface area contributed by atoms with E-state index in [1.807, 2.05) is 19.1 Å². The van der Waals surface area contributed by atoms with Gasteiger partial charge in [-0.05, 0) is 13.0 Å². The van der Waals surface area contributed by atoms with Crippen LogP contribution in [0.25, 0.3) is 0 Å². The van der Waals surface area contributed by atoms with E-state index >= 15 is 0 Å². The molecule has 5 heteroatoms. The van der Waals surface area contributed by atoms with Crippen LogP contribution in [0.2, 0.25) is 0 Å². The van der Waals surface area contributed by atoms with Gasteiger partial charge in [-0.1, -0.05) is 18.2 Å². The van der Waals surface area contributed by atoms with E-state index in [9.17, 15) is 0 Å². The zero-order valence-corrected chi connectivity index (χ0v) is 13.3. The molecule has 0 fully saturated rings. The van der Waals surface area contributed by atoms with Crippen molar-refractivity contribution in [3.8, 4) is 17.2 Å². The monoisotopic (exact) mass is 295 g/mol. The Balaban J connectivity index is 2.57. The maximum Gasteiger partial charge on any atom is 0.203 e. The summed E-state index contributed by atoms with van der Waals surface area (Å²) in [5.74, 6) is 1.95. The summed E-state index contributed by atoms with van der Waals surface area (Å²) >= 11 is 0. The van der Waals surface area contributed by atoms with Crippen molar-refractivity contribution in [1.82, 2.24) is 5.32 Å². The minimum absolute atomic E-state index is 0.599. The van der Waals surface area contributed by atoms with E-state index in [1.165, 1.54) is 0 Å². The molecule has 0 atom stereocenters. The Morgan fingerprint density at radius 1 is 1.10 bits per heavy atom. The van der Waals surface area contributed by atoms with Crippen LogP contribution in [-0.2, 0) is 11.3 Å². The number of nitrogens with one attached hydrogen (secondary N) is 1. The lowest BCUT2D eigenvalue weighted by molar-refractivity contribution is 0.157. The number of rotatable bonds is 10. The van der Waals surface area contributed by atoms with E-state index in [1.54, 1.807) is 21.3 Å². The molecule has 1 rings (SSSR count). The van der Waals surface area contributed by atoms with Crippen LogP contribution >= 0.6 is 0 Å². The minimum atomic E-state index is 0.599. The lowest BCUT2D eigenvalue weighted by atomic mass is 10.1. The Kier molecular flexibility index (Phi) is 7.64. The van der Waals surface area contributed by atoms with Crippen LogP contribution in [0, 0.1) is 0 Å². The van der Waals surface area contributed by atoms with Crippen molar-refractivity contribution < 1.29 is 18.9 Å². The second-order valence-electron chi connectivity index (χ2n) is 4.68. The summed E-state index contributed by atoms with van der Waals surface area (Å²) in [5, 5.41) is 3.31. The average Bonchev–Trinajstić information content (AvgIpc) is 2.49. The predicted molar refractivity (Wildman–Crippen MR) is 83.4 cm³/mol. The first-order chi connectivity index (χ1) is 10.1. The maximum atomic E-state index is 5.43. The standard InChI is InChI=1S/C16H25NO4/c1-12(2)11-21-9-8-17-10-13-6-7-14(18-3)16(20-5)15(13)19-4/h6-7,17H,1,8-11H2,2-5H3. The van der Waals surface area contributed by atoms with E-state index < -0.39 is 0 Å². The highest BCUT2D eigenvalue weighted by molar-refractivity contribution is 5.55. The highest BCUT2D eigenvalue weighted by atomic mass is 16.5. The van der Waals surface area contributed by atoms with Gasteiger partial charge in [0.2, 0.25) is 5.75 Å². The van der Waals surface area contributed by atoms with Crippen molar-refractivity contribution in [2.24, 2.45) is 0 Å². The summed E-state index contributed by atoms with van der Waals surface area (Å²) in [6.07, 6.45) is 0. The molecule has 0 spiro atoms. The fraction of sp³-hybridized carbons (Fsp3) is 0.500. The van der Waals surface area contributed by atoms with Gasteiger partial charge in [-0.25, -0.2) is 0 Å². The molecule has 0 aliphatic heterocycles. The number of ether oxygens (including phenoxy) is 4. The van der Waals surface area contributed by atoms with Crippen LogP contribution < -0.4 is 19.5 Å². The molecule has 21 heavy (non-hydrogen) atoms. The zero-order chi connectivity index (χ0) is 15.7. The molecule has 118 valence electrons. The Hall–Kier alpha value is -1.72. The molecule has 0 radical (unpaired) electrons. The van der Waals surface area contributed by atoms with Crippen molar-refractivity contribution in [2.45, 2.75) is 13.5 Å². The molecular formula is C16H25NO4. The molecule has 1 aromatic carbocycles. The zero-order valence-electron chi connectivity index (χ0n) is 13.3. The molecule has 0 aliphatic carbocycles. The third-order valence-electron chi connectivity index (χ3n) is 2.87. The first-order valence-electron chi connectivity index (χ1n) is 6.84. The average molecular weight is 295 g/mol. The van der Waals surface area contributed by atoms with Crippen LogP contribution in [0.1, 0.15) is 12.5 Å². The van der Waals surface area contributed by atoms with Crippen molar-refractivity contribution in [3.05, 3.63) is 29.8 Å². The van der Waals surface area contributed by atoms with Gasteiger partial charge in [0.05, 0.1) is 34.5 Å². The summed E-state index contributed by atoms with van der Waals surface area (Å²) in [7, 11) is 4.83. The van der Waals surface area contributed by atoms with Crippen molar-refractivity contribution >= 4 is 0 Å². The second kappa shape index (κ2) is 9.26. The van der Waals surface area contributed by atoms with Crippen LogP contribution in [0.5, 0.6) is 17.2 Å². The van der Waals surface area contributed by atoms with Gasteiger partial charge in [-0.3, -0.25) is 0 Å². The van der Waals surface area contributed by atoms with Crippen LogP contribution in [0.3, 0.4) is 0 Å². The summed E-state index contributed by atoms with van der Waals surface area (Å²) in [6, 6.07) is 3.83. The van der Waals surface area contributed by atoms with E-state index in [2.05, 4.69) is 11.9 Å². The van der Waals surface area contributed by atoms with E-state index in [-0.39, 0.29) is 0 Å². The van der Waals surface area contributed by atoms with Crippen molar-refractivity contribution in [1.29, 1.82) is 0 Å². The van der Waals surface area contributed by atoms with E-state index in [0.29, 0.717) is 37.0 Å². The molecule has 0 heterocycles. The molecule has 0 saturated carbocycles. The topological polar surface area (TPSA) is 49.0 Å². The first kappa shape index (κ1) is 17.3. The molecule has 1 N–H and O–H groups in total. The molecule has 1 aromatic rings.